The lowest BCUT2D eigenvalue weighted by Gasteiger charge is -1.86. The fourth-order valence-electron chi connectivity index (χ4n) is 0.0927. The molecule has 0 N–H and O–H groups in total. The molecular weight excluding hydrogens is 103 g/mol. The quantitative estimate of drug-likeness (QED) is 0.379. The summed E-state index contributed by atoms with van der Waals surface area (Å²) in [5, 5.41) is 0. The van der Waals surface area contributed by atoms with Crippen LogP contribution in [0.4, 0.5) is 3.89 Å². The largest absolute Gasteiger partial charge is 0.580 e. The summed E-state index contributed by atoms with van der Waals surface area (Å²) in [6.45, 7) is 3.17. The third-order valence-corrected chi connectivity index (χ3v) is 0.747. The average Bonchev–Trinajstić information content (AvgIpc) is 1.35. The van der Waals surface area contributed by atoms with Gasteiger partial charge in [-0.05, 0) is 6.08 Å². The van der Waals surface area contributed by atoms with Gasteiger partial charge in [-0.25, -0.2) is 0 Å². The Morgan fingerprint density at radius 2 is 2.50 bits per heavy atom. The standard InChI is InChI=1S/C3H5FOS/c1-2-3-6(4)5/h2H,1,3H2. The summed E-state index contributed by atoms with van der Waals surface area (Å²) in [6.07, 6.45) is 1.27. The van der Waals surface area contributed by atoms with E-state index in [9.17, 15) is 8.44 Å². The van der Waals surface area contributed by atoms with E-state index < -0.39 is 11.6 Å². The molecule has 0 radical (unpaired) electrons. The summed E-state index contributed by atoms with van der Waals surface area (Å²) < 4.78 is 20.5. The maximum absolute atomic E-state index is 11.1. The molecule has 0 amide bonds. The van der Waals surface area contributed by atoms with E-state index in [0.717, 1.165) is 0 Å². The molecule has 6 heavy (non-hydrogen) atoms. The molecule has 0 aromatic rings. The van der Waals surface area contributed by atoms with E-state index in [1.807, 2.05) is 0 Å². The third kappa shape index (κ3) is 3.98. The fourth-order valence-corrected chi connectivity index (χ4v) is 0.278. The molecule has 0 aliphatic rings. The molecule has 36 valence electrons. The van der Waals surface area contributed by atoms with Gasteiger partial charge >= 0.3 is 0 Å². The van der Waals surface area contributed by atoms with Gasteiger partial charge in [0.2, 0.25) is 0 Å². The van der Waals surface area contributed by atoms with Gasteiger partial charge in [0.15, 0.2) is 17.3 Å². The van der Waals surface area contributed by atoms with Crippen molar-refractivity contribution in [3.63, 3.8) is 0 Å². The number of hydrogen-bond acceptors (Lipinski definition) is 1. The van der Waals surface area contributed by atoms with Gasteiger partial charge in [-0.2, -0.15) is 0 Å². The molecular formula is C3H5FOS. The first-order chi connectivity index (χ1) is 2.77. The lowest BCUT2D eigenvalue weighted by molar-refractivity contribution is 0.554. The highest BCUT2D eigenvalue weighted by atomic mass is 32.3. The predicted octanol–water partition coefficient (Wildman–Crippen LogP) is 0.806. The van der Waals surface area contributed by atoms with Gasteiger partial charge in [0.05, 0.1) is 0 Å². The number of rotatable bonds is 2. The van der Waals surface area contributed by atoms with Crippen molar-refractivity contribution in [1.82, 2.24) is 0 Å². The van der Waals surface area contributed by atoms with Gasteiger partial charge in [0.25, 0.3) is 0 Å². The van der Waals surface area contributed by atoms with Crippen LogP contribution >= 0.6 is 0 Å². The summed E-state index contributed by atoms with van der Waals surface area (Å²) in [5.74, 6) is -0.0556. The van der Waals surface area contributed by atoms with Crippen LogP contribution in [0, 0.1) is 0 Å². The zero-order valence-corrected chi connectivity index (χ0v) is 4.00. The molecule has 0 aromatic heterocycles. The molecule has 3 heteroatoms. The highest BCUT2D eigenvalue weighted by Crippen LogP contribution is 1.87. The van der Waals surface area contributed by atoms with E-state index in [-0.39, 0.29) is 5.75 Å². The molecule has 0 rings (SSSR count). The van der Waals surface area contributed by atoms with Crippen LogP contribution in [0.25, 0.3) is 0 Å². The minimum absolute atomic E-state index is 0.0556. The fraction of sp³-hybridized carbons (Fsp3) is 0.333. The first kappa shape index (κ1) is 5.98. The van der Waals surface area contributed by atoms with E-state index in [4.69, 9.17) is 0 Å². The molecule has 0 saturated heterocycles. The van der Waals surface area contributed by atoms with Crippen molar-refractivity contribution in [2.45, 2.75) is 0 Å². The molecule has 1 atom stereocenters. The van der Waals surface area contributed by atoms with E-state index >= 15 is 0 Å². The first-order valence-corrected chi connectivity index (χ1v) is 2.65. The van der Waals surface area contributed by atoms with Crippen molar-refractivity contribution in [3.05, 3.63) is 12.7 Å². The van der Waals surface area contributed by atoms with E-state index in [0.29, 0.717) is 0 Å². The maximum Gasteiger partial charge on any atom is 0.181 e. The van der Waals surface area contributed by atoms with Gasteiger partial charge in [-0.1, -0.05) is 6.58 Å². The summed E-state index contributed by atoms with van der Waals surface area (Å²) >= 11 is -2.18. The molecule has 0 saturated carbocycles. The molecule has 0 spiro atoms. The molecule has 1 nitrogen and oxygen atoms in total. The van der Waals surface area contributed by atoms with Crippen LogP contribution in [0.3, 0.4) is 0 Å². The lowest BCUT2D eigenvalue weighted by Crippen LogP contribution is -1.92. The van der Waals surface area contributed by atoms with Crippen molar-refractivity contribution in [2.24, 2.45) is 0 Å². The summed E-state index contributed by atoms with van der Waals surface area (Å²) in [4.78, 5) is 0. The molecule has 0 fully saturated rings. The van der Waals surface area contributed by atoms with E-state index in [1.165, 1.54) is 6.08 Å². The predicted molar refractivity (Wildman–Crippen MR) is 24.3 cm³/mol. The SMILES string of the molecule is C=CC[S+]([O-])F. The topological polar surface area (TPSA) is 23.1 Å². The van der Waals surface area contributed by atoms with E-state index in [1.54, 1.807) is 0 Å². The zero-order valence-electron chi connectivity index (χ0n) is 3.19. The Balaban J connectivity index is 2.81. The smallest absolute Gasteiger partial charge is 0.181 e. The molecule has 0 aliphatic carbocycles. The maximum atomic E-state index is 11.1. The Bertz CT molecular complexity index is 46.1. The van der Waals surface area contributed by atoms with Gasteiger partial charge in [-0.3, -0.25) is 0 Å². The Kier molecular flexibility index (Phi) is 3.17. The molecule has 0 bridgehead atoms. The lowest BCUT2D eigenvalue weighted by atomic mass is 10.8. The van der Waals surface area contributed by atoms with Gasteiger partial charge in [0, 0.05) is 3.89 Å². The van der Waals surface area contributed by atoms with Crippen LogP contribution < -0.4 is 0 Å². The second kappa shape index (κ2) is 3.18. The summed E-state index contributed by atoms with van der Waals surface area (Å²) in [5.41, 5.74) is 0. The van der Waals surface area contributed by atoms with Crippen molar-refractivity contribution in [3.8, 4) is 0 Å². The zero-order chi connectivity index (χ0) is 4.99. The molecule has 0 heterocycles. The Morgan fingerprint density at radius 1 is 2.00 bits per heavy atom. The highest BCUT2D eigenvalue weighted by Gasteiger charge is 1.94. The molecule has 1 unspecified atom stereocenters. The average molecular weight is 108 g/mol. The van der Waals surface area contributed by atoms with Gasteiger partial charge < -0.3 is 4.55 Å². The van der Waals surface area contributed by atoms with Crippen molar-refractivity contribution in [1.29, 1.82) is 0 Å². The van der Waals surface area contributed by atoms with Gasteiger partial charge in [-0.15, -0.1) is 0 Å². The number of halogens is 1. The monoisotopic (exact) mass is 108 g/mol. The Hall–Kier alpha value is -0.0200. The Labute approximate surface area is 39.3 Å². The Morgan fingerprint density at radius 3 is 2.50 bits per heavy atom. The minimum Gasteiger partial charge on any atom is -0.580 e. The summed E-state index contributed by atoms with van der Waals surface area (Å²) in [7, 11) is 0. The second-order valence-corrected chi connectivity index (χ2v) is 1.66. The van der Waals surface area contributed by atoms with Crippen LogP contribution in [0.15, 0.2) is 12.7 Å². The van der Waals surface area contributed by atoms with Crippen LogP contribution in [-0.2, 0) is 11.6 Å². The van der Waals surface area contributed by atoms with Crippen molar-refractivity contribution in [2.75, 3.05) is 5.75 Å². The van der Waals surface area contributed by atoms with Crippen molar-refractivity contribution >= 4 is 11.6 Å². The van der Waals surface area contributed by atoms with Crippen LogP contribution in [0.5, 0.6) is 0 Å². The van der Waals surface area contributed by atoms with Gasteiger partial charge in [0.1, 0.15) is 0 Å². The van der Waals surface area contributed by atoms with E-state index in [2.05, 4.69) is 6.58 Å². The normalized spacial score (nSPS) is 13.7. The number of hydrogen-bond donors (Lipinski definition) is 0. The third-order valence-electron chi connectivity index (χ3n) is 0.249. The van der Waals surface area contributed by atoms with Crippen molar-refractivity contribution < 1.29 is 8.44 Å². The van der Waals surface area contributed by atoms with Crippen LogP contribution in [-0.4, -0.2) is 10.3 Å². The van der Waals surface area contributed by atoms with Crippen LogP contribution in [0.1, 0.15) is 0 Å². The minimum atomic E-state index is -2.18. The second-order valence-electron chi connectivity index (χ2n) is 0.745. The highest BCUT2D eigenvalue weighted by molar-refractivity contribution is 7.86. The molecule has 0 aromatic carbocycles. The van der Waals surface area contributed by atoms with Crippen LogP contribution in [0.2, 0.25) is 0 Å². The molecule has 0 aliphatic heterocycles. The summed E-state index contributed by atoms with van der Waals surface area (Å²) in [6, 6.07) is 0. The first-order valence-electron chi connectivity index (χ1n) is 1.43.